The van der Waals surface area contributed by atoms with Crippen molar-refractivity contribution in [1.82, 2.24) is 15.5 Å². The monoisotopic (exact) mass is 277 g/mol. The molecule has 0 saturated heterocycles. The van der Waals surface area contributed by atoms with Crippen LogP contribution in [0.2, 0.25) is 0 Å². The van der Waals surface area contributed by atoms with Gasteiger partial charge in [-0.05, 0) is 32.4 Å². The van der Waals surface area contributed by atoms with Crippen LogP contribution >= 0.6 is 0 Å². The van der Waals surface area contributed by atoms with Gasteiger partial charge < -0.3 is 15.5 Å². The van der Waals surface area contributed by atoms with E-state index in [2.05, 4.69) is 10.6 Å². The van der Waals surface area contributed by atoms with E-state index in [0.29, 0.717) is 25.1 Å². The van der Waals surface area contributed by atoms with Crippen LogP contribution in [0.3, 0.4) is 0 Å². The molecule has 0 aliphatic carbocycles. The summed E-state index contributed by atoms with van der Waals surface area (Å²) in [5, 5.41) is 5.63. The first-order chi connectivity index (χ1) is 9.52. The van der Waals surface area contributed by atoms with Crippen LogP contribution in [-0.2, 0) is 0 Å². The molecule has 0 atom stereocenters. The summed E-state index contributed by atoms with van der Waals surface area (Å²) >= 11 is 0. The van der Waals surface area contributed by atoms with E-state index in [9.17, 15) is 9.59 Å². The molecule has 0 aromatic heterocycles. The van der Waals surface area contributed by atoms with Crippen LogP contribution in [0.25, 0.3) is 0 Å². The maximum absolute atomic E-state index is 11.7. The zero-order valence-corrected chi connectivity index (χ0v) is 12.3. The third-order valence-electron chi connectivity index (χ3n) is 3.05. The number of hydrogen-bond donors (Lipinski definition) is 2. The average Bonchev–Trinajstić information content (AvgIpc) is 2.46. The predicted octanol–water partition coefficient (Wildman–Crippen LogP) is 1.86. The van der Waals surface area contributed by atoms with Crippen molar-refractivity contribution in [2.24, 2.45) is 0 Å². The van der Waals surface area contributed by atoms with E-state index in [1.807, 2.05) is 32.0 Å². The molecule has 1 aromatic rings. The zero-order valence-electron chi connectivity index (χ0n) is 12.3. The lowest BCUT2D eigenvalue weighted by Gasteiger charge is -2.21. The number of nitrogens with one attached hydrogen (secondary N) is 2. The van der Waals surface area contributed by atoms with E-state index < -0.39 is 0 Å². The molecule has 0 aliphatic heterocycles. The summed E-state index contributed by atoms with van der Waals surface area (Å²) in [6.07, 6.45) is 0.705. The molecule has 2 N–H and O–H groups in total. The second-order valence-corrected chi connectivity index (χ2v) is 4.91. The van der Waals surface area contributed by atoms with Crippen LogP contribution < -0.4 is 10.6 Å². The molecule has 1 aromatic carbocycles. The number of benzene rings is 1. The van der Waals surface area contributed by atoms with Crippen molar-refractivity contribution in [3.63, 3.8) is 0 Å². The Bertz CT molecular complexity index is 432. The molecule has 20 heavy (non-hydrogen) atoms. The first-order valence-electron chi connectivity index (χ1n) is 6.86. The fourth-order valence-electron chi connectivity index (χ4n) is 1.54. The Morgan fingerprint density at radius 3 is 2.30 bits per heavy atom. The van der Waals surface area contributed by atoms with E-state index in [0.717, 1.165) is 0 Å². The highest BCUT2D eigenvalue weighted by molar-refractivity contribution is 5.94. The van der Waals surface area contributed by atoms with Crippen LogP contribution in [0.4, 0.5) is 4.79 Å². The second kappa shape index (κ2) is 8.19. The molecule has 1 rings (SSSR count). The Labute approximate surface area is 120 Å². The van der Waals surface area contributed by atoms with Crippen molar-refractivity contribution in [2.75, 3.05) is 20.1 Å². The van der Waals surface area contributed by atoms with Gasteiger partial charge in [-0.25, -0.2) is 4.79 Å². The molecule has 0 fully saturated rings. The van der Waals surface area contributed by atoms with Crippen LogP contribution in [0.15, 0.2) is 30.3 Å². The predicted molar refractivity (Wildman–Crippen MR) is 79.7 cm³/mol. The molecular weight excluding hydrogens is 254 g/mol. The molecule has 5 heteroatoms. The largest absolute Gasteiger partial charge is 0.352 e. The molecule has 0 heterocycles. The number of rotatable bonds is 6. The van der Waals surface area contributed by atoms with Crippen molar-refractivity contribution in [2.45, 2.75) is 26.3 Å². The van der Waals surface area contributed by atoms with E-state index >= 15 is 0 Å². The van der Waals surface area contributed by atoms with Gasteiger partial charge in [0.1, 0.15) is 0 Å². The normalized spacial score (nSPS) is 10.2. The SMILES string of the molecule is CC(C)N(C)C(=O)NCCCNC(=O)c1ccccc1. The summed E-state index contributed by atoms with van der Waals surface area (Å²) in [6.45, 7) is 5.00. The van der Waals surface area contributed by atoms with Crippen LogP contribution in [0.1, 0.15) is 30.6 Å². The van der Waals surface area contributed by atoms with Crippen molar-refractivity contribution >= 4 is 11.9 Å². The Kier molecular flexibility index (Phi) is 6.56. The number of urea groups is 1. The van der Waals surface area contributed by atoms with Gasteiger partial charge in [0, 0.05) is 31.7 Å². The second-order valence-electron chi connectivity index (χ2n) is 4.91. The minimum absolute atomic E-state index is 0.0868. The topological polar surface area (TPSA) is 61.4 Å². The minimum Gasteiger partial charge on any atom is -0.352 e. The summed E-state index contributed by atoms with van der Waals surface area (Å²) < 4.78 is 0. The number of amides is 3. The van der Waals surface area contributed by atoms with Crippen molar-refractivity contribution in [3.05, 3.63) is 35.9 Å². The zero-order chi connectivity index (χ0) is 15.0. The fourth-order valence-corrected chi connectivity index (χ4v) is 1.54. The van der Waals surface area contributed by atoms with E-state index in [1.165, 1.54) is 0 Å². The van der Waals surface area contributed by atoms with Gasteiger partial charge in [0.2, 0.25) is 0 Å². The van der Waals surface area contributed by atoms with E-state index in [1.54, 1.807) is 24.1 Å². The van der Waals surface area contributed by atoms with E-state index in [4.69, 9.17) is 0 Å². The molecule has 0 spiro atoms. The third kappa shape index (κ3) is 5.30. The summed E-state index contributed by atoms with van der Waals surface area (Å²) in [5.74, 6) is -0.0868. The van der Waals surface area contributed by atoms with Gasteiger partial charge in [-0.2, -0.15) is 0 Å². The molecule has 110 valence electrons. The van der Waals surface area contributed by atoms with Gasteiger partial charge in [-0.15, -0.1) is 0 Å². The van der Waals surface area contributed by atoms with Crippen molar-refractivity contribution in [1.29, 1.82) is 0 Å². The molecule has 0 unspecified atom stereocenters. The van der Waals surface area contributed by atoms with Gasteiger partial charge in [0.15, 0.2) is 0 Å². The lowest BCUT2D eigenvalue weighted by Crippen LogP contribution is -2.42. The molecule has 0 radical (unpaired) electrons. The first-order valence-corrected chi connectivity index (χ1v) is 6.86. The Balaban J connectivity index is 2.17. The Hall–Kier alpha value is -2.04. The number of hydrogen-bond acceptors (Lipinski definition) is 2. The smallest absolute Gasteiger partial charge is 0.317 e. The quantitative estimate of drug-likeness (QED) is 0.780. The van der Waals surface area contributed by atoms with Crippen LogP contribution in [0, 0.1) is 0 Å². The number of nitrogens with zero attached hydrogens (tertiary/aromatic N) is 1. The molecule has 0 bridgehead atoms. The Morgan fingerprint density at radius 1 is 1.10 bits per heavy atom. The maximum Gasteiger partial charge on any atom is 0.317 e. The van der Waals surface area contributed by atoms with Crippen LogP contribution in [-0.4, -0.2) is 43.0 Å². The molecule has 3 amide bonds. The molecule has 0 saturated carbocycles. The average molecular weight is 277 g/mol. The molecule has 0 aliphatic rings. The van der Waals surface area contributed by atoms with Crippen LogP contribution in [0.5, 0.6) is 0 Å². The molecule has 5 nitrogen and oxygen atoms in total. The van der Waals surface area contributed by atoms with Crippen molar-refractivity contribution in [3.8, 4) is 0 Å². The number of carbonyl (C=O) groups excluding carboxylic acids is 2. The van der Waals surface area contributed by atoms with Crippen molar-refractivity contribution < 1.29 is 9.59 Å². The first kappa shape index (κ1) is 16.0. The van der Waals surface area contributed by atoms with E-state index in [-0.39, 0.29) is 18.0 Å². The van der Waals surface area contributed by atoms with Gasteiger partial charge in [-0.3, -0.25) is 4.79 Å². The lowest BCUT2D eigenvalue weighted by molar-refractivity contribution is 0.0953. The fraction of sp³-hybridized carbons (Fsp3) is 0.467. The summed E-state index contributed by atoms with van der Waals surface area (Å²) in [6, 6.07) is 9.16. The van der Waals surface area contributed by atoms with Gasteiger partial charge in [0.25, 0.3) is 5.91 Å². The summed E-state index contributed by atoms with van der Waals surface area (Å²) in [5.41, 5.74) is 0.649. The third-order valence-corrected chi connectivity index (χ3v) is 3.05. The maximum atomic E-state index is 11.7. The summed E-state index contributed by atoms with van der Waals surface area (Å²) in [7, 11) is 1.76. The summed E-state index contributed by atoms with van der Waals surface area (Å²) in [4.78, 5) is 25.0. The highest BCUT2D eigenvalue weighted by Gasteiger charge is 2.10. The van der Waals surface area contributed by atoms with Gasteiger partial charge >= 0.3 is 6.03 Å². The lowest BCUT2D eigenvalue weighted by atomic mass is 10.2. The highest BCUT2D eigenvalue weighted by atomic mass is 16.2. The standard InChI is InChI=1S/C15H23N3O2/c1-12(2)18(3)15(20)17-11-7-10-16-14(19)13-8-5-4-6-9-13/h4-6,8-9,12H,7,10-11H2,1-3H3,(H,16,19)(H,17,20). The van der Waals surface area contributed by atoms with Gasteiger partial charge in [0.05, 0.1) is 0 Å². The Morgan fingerprint density at radius 2 is 1.70 bits per heavy atom. The number of carbonyl (C=O) groups is 2. The highest BCUT2D eigenvalue weighted by Crippen LogP contribution is 1.97. The van der Waals surface area contributed by atoms with Gasteiger partial charge in [-0.1, -0.05) is 18.2 Å². The molecular formula is C15H23N3O2. The minimum atomic E-state index is -0.0885.